The van der Waals surface area contributed by atoms with Crippen molar-refractivity contribution in [2.24, 2.45) is 11.8 Å². The van der Waals surface area contributed by atoms with Gasteiger partial charge in [0.05, 0.1) is 24.0 Å². The molecule has 0 saturated carbocycles. The molecule has 106 valence electrons. The molecule has 2 aliphatic heterocycles. The first-order valence-corrected chi connectivity index (χ1v) is 6.71. The smallest absolute Gasteiger partial charge is 0.310 e. The van der Waals surface area contributed by atoms with Gasteiger partial charge < -0.3 is 15.2 Å². The van der Waals surface area contributed by atoms with Crippen molar-refractivity contribution in [1.29, 1.82) is 0 Å². The SMILES string of the molecule is O=C(NCc1cccnc1)[C@@H]1[C@H](C(=O)O)[C@@H]2CC[C@H]1O2. The molecule has 2 saturated heterocycles. The fourth-order valence-corrected chi connectivity index (χ4v) is 3.13. The van der Waals surface area contributed by atoms with Gasteiger partial charge in [-0.25, -0.2) is 0 Å². The molecular formula is C14H16N2O4. The van der Waals surface area contributed by atoms with Gasteiger partial charge in [0.1, 0.15) is 0 Å². The third-order valence-electron chi connectivity index (χ3n) is 4.05. The number of aliphatic carboxylic acids is 1. The summed E-state index contributed by atoms with van der Waals surface area (Å²) in [6.45, 7) is 0.354. The number of hydrogen-bond acceptors (Lipinski definition) is 4. The van der Waals surface area contributed by atoms with Gasteiger partial charge >= 0.3 is 5.97 Å². The van der Waals surface area contributed by atoms with Crippen molar-refractivity contribution in [1.82, 2.24) is 10.3 Å². The van der Waals surface area contributed by atoms with E-state index < -0.39 is 17.8 Å². The third-order valence-corrected chi connectivity index (χ3v) is 4.05. The van der Waals surface area contributed by atoms with Gasteiger partial charge in [-0.05, 0) is 24.5 Å². The second-order valence-corrected chi connectivity index (χ2v) is 5.26. The van der Waals surface area contributed by atoms with E-state index in [2.05, 4.69) is 10.3 Å². The molecule has 1 aromatic rings. The van der Waals surface area contributed by atoms with Crippen LogP contribution in [0.15, 0.2) is 24.5 Å². The lowest BCUT2D eigenvalue weighted by molar-refractivity contribution is -0.147. The van der Waals surface area contributed by atoms with Crippen LogP contribution >= 0.6 is 0 Å². The molecule has 3 rings (SSSR count). The molecule has 0 unspecified atom stereocenters. The molecule has 3 heterocycles. The standard InChI is InChI=1S/C14H16N2O4/c17-13(16-7-8-2-1-5-15-6-8)11-9-3-4-10(20-9)12(11)14(18)19/h1-2,5-6,9-12H,3-4,7H2,(H,16,17)(H,18,19)/t9-,10+,11+,12-/m1/s1. The van der Waals surface area contributed by atoms with Gasteiger partial charge in [0, 0.05) is 18.9 Å². The Hall–Kier alpha value is -1.95. The molecule has 2 fully saturated rings. The van der Waals surface area contributed by atoms with Gasteiger partial charge in [-0.1, -0.05) is 6.07 Å². The molecule has 20 heavy (non-hydrogen) atoms. The van der Waals surface area contributed by atoms with Gasteiger partial charge in [0.15, 0.2) is 0 Å². The molecule has 0 radical (unpaired) electrons. The number of pyridine rings is 1. The Labute approximate surface area is 116 Å². The summed E-state index contributed by atoms with van der Waals surface area (Å²) in [5.41, 5.74) is 0.886. The maximum Gasteiger partial charge on any atom is 0.310 e. The van der Waals surface area contributed by atoms with Crippen LogP contribution in [0.2, 0.25) is 0 Å². The van der Waals surface area contributed by atoms with E-state index >= 15 is 0 Å². The summed E-state index contributed by atoms with van der Waals surface area (Å²) < 4.78 is 5.58. The van der Waals surface area contributed by atoms with E-state index in [0.717, 1.165) is 18.4 Å². The minimum Gasteiger partial charge on any atom is -0.481 e. The number of hydrogen-bond donors (Lipinski definition) is 2. The Kier molecular flexibility index (Phi) is 3.40. The van der Waals surface area contributed by atoms with Crippen molar-refractivity contribution < 1.29 is 19.4 Å². The number of rotatable bonds is 4. The molecular weight excluding hydrogens is 260 g/mol. The van der Waals surface area contributed by atoms with Gasteiger partial charge in [-0.15, -0.1) is 0 Å². The monoisotopic (exact) mass is 276 g/mol. The summed E-state index contributed by atoms with van der Waals surface area (Å²) >= 11 is 0. The van der Waals surface area contributed by atoms with E-state index in [4.69, 9.17) is 4.74 Å². The van der Waals surface area contributed by atoms with Crippen LogP contribution in [0, 0.1) is 11.8 Å². The molecule has 1 amide bonds. The Morgan fingerprint density at radius 2 is 2.10 bits per heavy atom. The number of nitrogens with one attached hydrogen (secondary N) is 1. The summed E-state index contributed by atoms with van der Waals surface area (Å²) in [5, 5.41) is 12.1. The lowest BCUT2D eigenvalue weighted by atomic mass is 9.78. The Balaban J connectivity index is 1.66. The molecule has 0 spiro atoms. The minimum absolute atomic E-state index is 0.242. The van der Waals surface area contributed by atoms with Crippen LogP contribution in [0.4, 0.5) is 0 Å². The van der Waals surface area contributed by atoms with Crippen LogP contribution in [0.1, 0.15) is 18.4 Å². The predicted octanol–water partition coefficient (Wildman–Crippen LogP) is 0.576. The average molecular weight is 276 g/mol. The number of aromatic nitrogens is 1. The average Bonchev–Trinajstić information content (AvgIpc) is 3.06. The van der Waals surface area contributed by atoms with Crippen molar-refractivity contribution in [3.63, 3.8) is 0 Å². The molecule has 2 aliphatic rings. The van der Waals surface area contributed by atoms with Crippen LogP contribution in [0.25, 0.3) is 0 Å². The number of nitrogens with zero attached hydrogens (tertiary/aromatic N) is 1. The first kappa shape index (κ1) is 13.1. The van der Waals surface area contributed by atoms with Crippen molar-refractivity contribution in [3.05, 3.63) is 30.1 Å². The Bertz CT molecular complexity index is 519. The zero-order valence-electron chi connectivity index (χ0n) is 10.9. The first-order valence-electron chi connectivity index (χ1n) is 6.71. The number of ether oxygens (including phenoxy) is 1. The second-order valence-electron chi connectivity index (χ2n) is 5.26. The second kappa shape index (κ2) is 5.20. The highest BCUT2D eigenvalue weighted by atomic mass is 16.5. The first-order chi connectivity index (χ1) is 9.66. The lowest BCUT2D eigenvalue weighted by Crippen LogP contribution is -2.43. The fourth-order valence-electron chi connectivity index (χ4n) is 3.13. The number of fused-ring (bicyclic) bond motifs is 2. The van der Waals surface area contributed by atoms with E-state index in [1.807, 2.05) is 6.07 Å². The van der Waals surface area contributed by atoms with E-state index in [1.165, 1.54) is 0 Å². The van der Waals surface area contributed by atoms with Crippen LogP contribution in [-0.2, 0) is 20.9 Å². The minimum atomic E-state index is -0.946. The number of carboxylic acids is 1. The quantitative estimate of drug-likeness (QED) is 0.839. The molecule has 6 nitrogen and oxygen atoms in total. The predicted molar refractivity (Wildman–Crippen MR) is 68.6 cm³/mol. The Morgan fingerprint density at radius 3 is 2.75 bits per heavy atom. The highest BCUT2D eigenvalue weighted by Gasteiger charge is 2.55. The highest BCUT2D eigenvalue weighted by molar-refractivity contribution is 5.86. The van der Waals surface area contributed by atoms with E-state index in [0.29, 0.717) is 6.54 Å². The van der Waals surface area contributed by atoms with Crippen molar-refractivity contribution in [2.45, 2.75) is 31.6 Å². The molecule has 0 aromatic carbocycles. The summed E-state index contributed by atoms with van der Waals surface area (Å²) in [4.78, 5) is 27.5. The third kappa shape index (κ3) is 2.27. The van der Waals surface area contributed by atoms with Crippen LogP contribution in [0.5, 0.6) is 0 Å². The van der Waals surface area contributed by atoms with E-state index in [9.17, 15) is 14.7 Å². The number of amides is 1. The van der Waals surface area contributed by atoms with E-state index in [-0.39, 0.29) is 18.1 Å². The topological polar surface area (TPSA) is 88.5 Å². The summed E-state index contributed by atoms with van der Waals surface area (Å²) in [5.74, 6) is -2.49. The number of carbonyl (C=O) groups excluding carboxylic acids is 1. The maximum atomic E-state index is 12.2. The van der Waals surface area contributed by atoms with Gasteiger partial charge in [0.2, 0.25) is 5.91 Å². The molecule has 2 bridgehead atoms. The van der Waals surface area contributed by atoms with Gasteiger partial charge in [0.25, 0.3) is 0 Å². The van der Waals surface area contributed by atoms with Gasteiger partial charge in [-0.2, -0.15) is 0 Å². The number of carbonyl (C=O) groups is 2. The van der Waals surface area contributed by atoms with Crippen LogP contribution in [-0.4, -0.2) is 34.2 Å². The molecule has 2 N–H and O–H groups in total. The lowest BCUT2D eigenvalue weighted by Gasteiger charge is -2.23. The zero-order valence-corrected chi connectivity index (χ0v) is 10.9. The molecule has 1 aromatic heterocycles. The largest absolute Gasteiger partial charge is 0.481 e. The number of carboxylic acid groups (broad SMARTS) is 1. The summed E-state index contributed by atoms with van der Waals surface area (Å²) in [6.07, 6.45) is 4.26. The summed E-state index contributed by atoms with van der Waals surface area (Å²) in [6, 6.07) is 3.65. The zero-order chi connectivity index (χ0) is 14.1. The Morgan fingerprint density at radius 1 is 1.35 bits per heavy atom. The molecule has 4 atom stereocenters. The van der Waals surface area contributed by atoms with Crippen molar-refractivity contribution in [2.75, 3.05) is 0 Å². The van der Waals surface area contributed by atoms with Crippen molar-refractivity contribution in [3.8, 4) is 0 Å². The molecule has 0 aliphatic carbocycles. The maximum absolute atomic E-state index is 12.2. The molecule has 6 heteroatoms. The fraction of sp³-hybridized carbons (Fsp3) is 0.500. The highest BCUT2D eigenvalue weighted by Crippen LogP contribution is 2.43. The van der Waals surface area contributed by atoms with Gasteiger partial charge in [-0.3, -0.25) is 14.6 Å². The van der Waals surface area contributed by atoms with Crippen LogP contribution < -0.4 is 5.32 Å². The normalized spacial score (nSPS) is 31.2. The summed E-state index contributed by atoms with van der Waals surface area (Å²) in [7, 11) is 0. The van der Waals surface area contributed by atoms with E-state index in [1.54, 1.807) is 18.5 Å². The van der Waals surface area contributed by atoms with Crippen LogP contribution in [0.3, 0.4) is 0 Å². The van der Waals surface area contributed by atoms with Crippen molar-refractivity contribution >= 4 is 11.9 Å².